The van der Waals surface area contributed by atoms with E-state index in [4.69, 9.17) is 0 Å². The zero-order valence-electron chi connectivity index (χ0n) is 18.8. The van der Waals surface area contributed by atoms with Gasteiger partial charge in [-0.3, -0.25) is 0 Å². The van der Waals surface area contributed by atoms with Crippen LogP contribution in [-0.2, 0) is 19.2 Å². The molecule has 1 unspecified atom stereocenters. The van der Waals surface area contributed by atoms with E-state index in [-0.39, 0.29) is 49.4 Å². The summed E-state index contributed by atoms with van der Waals surface area (Å²) in [6, 6.07) is 14.0. The van der Waals surface area contributed by atoms with Crippen LogP contribution in [0.25, 0.3) is 6.08 Å². The minimum absolute atomic E-state index is 0. The summed E-state index contributed by atoms with van der Waals surface area (Å²) in [6.45, 7) is 14.5. The third-order valence-electron chi connectivity index (χ3n) is 7.97. The van der Waals surface area contributed by atoms with Gasteiger partial charge in [-0.15, -0.1) is 0 Å². The second-order valence-corrected chi connectivity index (χ2v) is 16.5. The molecule has 0 radical (unpaired) electrons. The van der Waals surface area contributed by atoms with Crippen LogP contribution in [0.5, 0.6) is 0 Å². The van der Waals surface area contributed by atoms with Gasteiger partial charge in [-0.25, -0.2) is 0 Å². The Morgan fingerprint density at radius 1 is 1.03 bits per heavy atom. The number of rotatable bonds is 5. The summed E-state index contributed by atoms with van der Waals surface area (Å²) >= 11 is -0.242. The first-order valence-corrected chi connectivity index (χ1v) is 15.0. The van der Waals surface area contributed by atoms with Crippen molar-refractivity contribution in [2.45, 2.75) is 78.1 Å². The maximum absolute atomic E-state index is 2.64. The molecule has 0 aromatic heterocycles. The van der Waals surface area contributed by atoms with Gasteiger partial charge in [-0.1, -0.05) is 0 Å². The fourth-order valence-corrected chi connectivity index (χ4v) is 15.6. The van der Waals surface area contributed by atoms with Gasteiger partial charge in [0.2, 0.25) is 0 Å². The first kappa shape index (κ1) is 25.2. The summed E-state index contributed by atoms with van der Waals surface area (Å²) in [4.78, 5) is 0. The van der Waals surface area contributed by atoms with Crippen molar-refractivity contribution in [1.82, 2.24) is 0 Å². The second-order valence-electron chi connectivity index (χ2n) is 9.63. The molecule has 29 heavy (non-hydrogen) atoms. The standard InChI is InChI=1S/C15H19Si.C10H15.2ClH.Ti/c1-2-10-16(11-5-12-16)15-9-8-13-6-3-4-7-14(13)15;1-7-6-10(4,5)9(3)8(7)2;;;/h3-4,6-8,15H,2,5,10-12H2,1H3;1-5H3;2*1H;/q;;;;+2/p-2. The summed E-state index contributed by atoms with van der Waals surface area (Å²) in [5, 5.41) is 0. The van der Waals surface area contributed by atoms with Gasteiger partial charge < -0.3 is 24.8 Å². The Morgan fingerprint density at radius 2 is 1.69 bits per heavy atom. The Bertz CT molecular complexity index is 875. The summed E-state index contributed by atoms with van der Waals surface area (Å²) in [5.74, 6) is 0. The van der Waals surface area contributed by atoms with Crippen molar-refractivity contribution in [2.24, 2.45) is 5.41 Å². The van der Waals surface area contributed by atoms with E-state index in [0.717, 1.165) is 5.54 Å². The van der Waals surface area contributed by atoms with Gasteiger partial charge in [0.1, 0.15) is 0 Å². The zero-order valence-corrected chi connectivity index (χ0v) is 22.8. The molecular weight excluding hydrogens is 447 g/mol. The molecule has 1 heterocycles. The third kappa shape index (κ3) is 3.96. The number of hydrogen-bond acceptors (Lipinski definition) is 0. The van der Waals surface area contributed by atoms with Crippen molar-refractivity contribution < 1.29 is 44.0 Å². The molecule has 0 N–H and O–H groups in total. The van der Waals surface area contributed by atoms with Crippen molar-refractivity contribution in [3.63, 3.8) is 0 Å². The molecule has 3 aliphatic rings. The predicted molar refractivity (Wildman–Crippen MR) is 117 cm³/mol. The first-order chi connectivity index (χ1) is 12.8. The average molecular weight is 481 g/mol. The fourth-order valence-electron chi connectivity index (χ4n) is 5.89. The van der Waals surface area contributed by atoms with Gasteiger partial charge in [0.15, 0.2) is 0 Å². The predicted octanol–water partition coefficient (Wildman–Crippen LogP) is 1.67. The van der Waals surface area contributed by atoms with Crippen molar-refractivity contribution >= 4 is 14.1 Å². The van der Waals surface area contributed by atoms with E-state index < -0.39 is 8.07 Å². The van der Waals surface area contributed by atoms with E-state index in [9.17, 15) is 0 Å². The number of allylic oxidation sites excluding steroid dienone is 5. The maximum Gasteiger partial charge on any atom is -1.00 e. The van der Waals surface area contributed by atoms with Crippen LogP contribution >= 0.6 is 0 Å². The number of benzene rings is 1. The monoisotopic (exact) mass is 480 g/mol. The Kier molecular flexibility index (Phi) is 8.01. The molecule has 0 spiro atoms. The van der Waals surface area contributed by atoms with Gasteiger partial charge in [-0.05, 0) is 0 Å². The number of halogens is 2. The minimum atomic E-state index is -1.17. The molecule has 4 heteroatoms. The molecule has 0 nitrogen and oxygen atoms in total. The van der Waals surface area contributed by atoms with Crippen LogP contribution in [0.4, 0.5) is 0 Å². The normalized spacial score (nSPS) is 23.5. The molecule has 1 atom stereocenters. The Morgan fingerprint density at radius 3 is 2.21 bits per heavy atom. The molecule has 4 rings (SSSR count). The van der Waals surface area contributed by atoms with Gasteiger partial charge >= 0.3 is 177 Å². The maximum atomic E-state index is 2.64. The van der Waals surface area contributed by atoms with Crippen LogP contribution in [0.2, 0.25) is 18.1 Å². The Labute approximate surface area is 200 Å². The SMILES string of the molecule is CCC[Si]1(C2[C]([Ti+2][C]3=C(C)C(C)=C(C)C3(C)C)=Cc3ccccc32)CCC1.[Cl-].[Cl-]. The van der Waals surface area contributed by atoms with Crippen LogP contribution in [0.3, 0.4) is 0 Å². The van der Waals surface area contributed by atoms with E-state index in [2.05, 4.69) is 71.9 Å². The van der Waals surface area contributed by atoms with E-state index in [0.29, 0.717) is 0 Å². The van der Waals surface area contributed by atoms with Crippen LogP contribution in [-0.4, -0.2) is 8.07 Å². The Hall–Kier alpha value is -0.0488. The molecule has 0 bridgehead atoms. The van der Waals surface area contributed by atoms with Crippen LogP contribution in [0.15, 0.2) is 48.7 Å². The van der Waals surface area contributed by atoms with E-state index in [1.54, 1.807) is 43.8 Å². The minimum Gasteiger partial charge on any atom is -1.00 e. The van der Waals surface area contributed by atoms with Crippen LogP contribution < -0.4 is 24.8 Å². The topological polar surface area (TPSA) is 0 Å². The average Bonchev–Trinajstić information content (AvgIpc) is 3.04. The molecular formula is C25H34Cl2SiTi. The van der Waals surface area contributed by atoms with Crippen molar-refractivity contribution in [3.05, 3.63) is 59.9 Å². The van der Waals surface area contributed by atoms with Gasteiger partial charge in [0.05, 0.1) is 0 Å². The Balaban J connectivity index is 0.00000150. The first-order valence-electron chi connectivity index (χ1n) is 10.8. The summed E-state index contributed by atoms with van der Waals surface area (Å²) in [5.41, 5.74) is 9.14. The van der Waals surface area contributed by atoms with Gasteiger partial charge in [-0.2, -0.15) is 0 Å². The number of fused-ring (bicyclic) bond motifs is 1. The van der Waals surface area contributed by atoms with Crippen LogP contribution in [0.1, 0.15) is 71.1 Å². The van der Waals surface area contributed by atoms with E-state index in [1.165, 1.54) is 18.9 Å². The largest absolute Gasteiger partial charge is 1.00 e. The summed E-state index contributed by atoms with van der Waals surface area (Å²) in [6.07, 6.45) is 5.51. The molecule has 1 aromatic rings. The van der Waals surface area contributed by atoms with Gasteiger partial charge in [0, 0.05) is 0 Å². The van der Waals surface area contributed by atoms with Crippen LogP contribution in [0, 0.1) is 5.41 Å². The van der Waals surface area contributed by atoms with E-state index in [1.807, 2.05) is 3.88 Å². The van der Waals surface area contributed by atoms with E-state index >= 15 is 0 Å². The van der Waals surface area contributed by atoms with Crippen molar-refractivity contribution in [1.29, 1.82) is 0 Å². The zero-order chi connectivity index (χ0) is 19.4. The van der Waals surface area contributed by atoms with Crippen molar-refractivity contribution in [2.75, 3.05) is 0 Å². The molecule has 156 valence electrons. The molecule has 1 aromatic carbocycles. The molecule has 1 aliphatic heterocycles. The molecule has 1 fully saturated rings. The summed E-state index contributed by atoms with van der Waals surface area (Å²) in [7, 11) is -1.17. The second kappa shape index (κ2) is 9.21. The molecule has 2 aliphatic carbocycles. The third-order valence-corrected chi connectivity index (χ3v) is 17.5. The number of hydrogen-bond donors (Lipinski definition) is 0. The van der Waals surface area contributed by atoms with Crippen molar-refractivity contribution in [3.8, 4) is 0 Å². The summed E-state index contributed by atoms with van der Waals surface area (Å²) < 4.78 is 3.68. The fraction of sp³-hybridized carbons (Fsp3) is 0.520. The molecule has 0 saturated carbocycles. The quantitative estimate of drug-likeness (QED) is 0.562. The molecule has 0 amide bonds. The van der Waals surface area contributed by atoms with Gasteiger partial charge in [0.25, 0.3) is 0 Å². The molecule has 1 saturated heterocycles. The smallest absolute Gasteiger partial charge is 1.00 e.